The maximum atomic E-state index is 5.28. The molecule has 0 aromatic heterocycles. The van der Waals surface area contributed by atoms with E-state index in [4.69, 9.17) is 4.74 Å². The van der Waals surface area contributed by atoms with Crippen molar-refractivity contribution in [3.63, 3.8) is 0 Å². The summed E-state index contributed by atoms with van der Waals surface area (Å²) < 4.78 is 5.28. The second-order valence-electron chi connectivity index (χ2n) is 4.55. The van der Waals surface area contributed by atoms with Gasteiger partial charge < -0.3 is 10.1 Å². The molecule has 2 aliphatic heterocycles. The van der Waals surface area contributed by atoms with Gasteiger partial charge in [0.15, 0.2) is 0 Å². The molecule has 1 aromatic carbocycles. The predicted molar refractivity (Wildman–Crippen MR) is 63.4 cm³/mol. The van der Waals surface area contributed by atoms with Gasteiger partial charge >= 0.3 is 0 Å². The molecule has 3 N–H and O–H groups in total. The van der Waals surface area contributed by atoms with Gasteiger partial charge in [0.1, 0.15) is 5.75 Å². The molecule has 1 fully saturated rings. The van der Waals surface area contributed by atoms with Gasteiger partial charge in [-0.2, -0.15) is 0 Å². The number of anilines is 1. The Hall–Kier alpha value is -1.26. The lowest BCUT2D eigenvalue weighted by molar-refractivity contribution is 0.408. The van der Waals surface area contributed by atoms with E-state index in [1.165, 1.54) is 11.3 Å². The largest absolute Gasteiger partial charge is 0.497 e. The van der Waals surface area contributed by atoms with Gasteiger partial charge in [-0.1, -0.05) is 0 Å². The van der Waals surface area contributed by atoms with Gasteiger partial charge in [-0.15, -0.1) is 0 Å². The molecule has 2 aliphatic rings. The molecule has 2 heterocycles. The Balaban J connectivity index is 2.01. The van der Waals surface area contributed by atoms with E-state index >= 15 is 0 Å². The van der Waals surface area contributed by atoms with E-state index in [9.17, 15) is 0 Å². The first kappa shape index (κ1) is 9.93. The van der Waals surface area contributed by atoms with E-state index in [1.54, 1.807) is 7.11 Å². The Kier molecular flexibility index (Phi) is 2.26. The van der Waals surface area contributed by atoms with Crippen molar-refractivity contribution < 1.29 is 4.74 Å². The molecule has 3 atom stereocenters. The lowest BCUT2D eigenvalue weighted by Gasteiger charge is -2.30. The second-order valence-corrected chi connectivity index (χ2v) is 4.55. The smallest absolute Gasteiger partial charge is 0.119 e. The highest BCUT2D eigenvalue weighted by molar-refractivity contribution is 5.58. The Labute approximate surface area is 95.3 Å². The highest BCUT2D eigenvalue weighted by Gasteiger charge is 2.37. The fourth-order valence-electron chi connectivity index (χ4n) is 2.64. The lowest BCUT2D eigenvalue weighted by atomic mass is 9.86. The fraction of sp³-hybridized carbons (Fsp3) is 0.500. The monoisotopic (exact) mass is 219 g/mol. The normalized spacial score (nSPS) is 31.5. The van der Waals surface area contributed by atoms with Gasteiger partial charge in [-0.25, -0.2) is 5.43 Å². The third kappa shape index (κ3) is 1.37. The summed E-state index contributed by atoms with van der Waals surface area (Å²) in [5.41, 5.74) is 9.19. The van der Waals surface area contributed by atoms with Crippen LogP contribution in [0, 0.1) is 5.92 Å². The summed E-state index contributed by atoms with van der Waals surface area (Å²) in [5, 5.41) is 3.48. The van der Waals surface area contributed by atoms with E-state index < -0.39 is 0 Å². The first-order valence-electron chi connectivity index (χ1n) is 5.72. The number of rotatable bonds is 1. The summed E-state index contributed by atoms with van der Waals surface area (Å²) >= 11 is 0. The van der Waals surface area contributed by atoms with Crippen molar-refractivity contribution in [2.24, 2.45) is 5.92 Å². The number of hydrogen-bond donors (Lipinski definition) is 3. The van der Waals surface area contributed by atoms with Crippen molar-refractivity contribution in [2.45, 2.75) is 19.0 Å². The van der Waals surface area contributed by atoms with Gasteiger partial charge in [-0.3, -0.25) is 5.43 Å². The van der Waals surface area contributed by atoms with Crippen molar-refractivity contribution in [1.29, 1.82) is 0 Å². The maximum absolute atomic E-state index is 5.28. The molecule has 3 unspecified atom stereocenters. The lowest BCUT2D eigenvalue weighted by Crippen LogP contribution is -2.31. The van der Waals surface area contributed by atoms with Gasteiger partial charge in [-0.05, 0) is 30.7 Å². The average molecular weight is 219 g/mol. The molecule has 86 valence electrons. The number of hydrazine groups is 1. The molecule has 1 saturated heterocycles. The SMILES string of the molecule is COc1ccc2c(c1)C1NNC(C)C1CN2. The fourth-order valence-corrected chi connectivity index (χ4v) is 2.64. The summed E-state index contributed by atoms with van der Waals surface area (Å²) in [4.78, 5) is 0. The van der Waals surface area contributed by atoms with Crippen molar-refractivity contribution in [1.82, 2.24) is 10.9 Å². The van der Waals surface area contributed by atoms with Crippen LogP contribution in [0.2, 0.25) is 0 Å². The summed E-state index contributed by atoms with van der Waals surface area (Å²) in [7, 11) is 1.71. The van der Waals surface area contributed by atoms with Crippen molar-refractivity contribution in [2.75, 3.05) is 19.0 Å². The zero-order valence-electron chi connectivity index (χ0n) is 9.58. The number of nitrogens with one attached hydrogen (secondary N) is 3. The molecule has 0 aliphatic carbocycles. The minimum atomic E-state index is 0.390. The molecule has 0 radical (unpaired) electrons. The van der Waals surface area contributed by atoms with E-state index in [2.05, 4.69) is 35.2 Å². The molecule has 16 heavy (non-hydrogen) atoms. The van der Waals surface area contributed by atoms with Crippen LogP contribution in [-0.2, 0) is 0 Å². The second kappa shape index (κ2) is 3.64. The molecular formula is C12H17N3O. The zero-order valence-corrected chi connectivity index (χ0v) is 9.58. The summed E-state index contributed by atoms with van der Waals surface area (Å²) in [6.45, 7) is 3.23. The van der Waals surface area contributed by atoms with Gasteiger partial charge in [0, 0.05) is 24.2 Å². The minimum absolute atomic E-state index is 0.390. The summed E-state index contributed by atoms with van der Waals surface area (Å²) in [6.07, 6.45) is 0. The quantitative estimate of drug-likeness (QED) is 0.665. The van der Waals surface area contributed by atoms with E-state index in [-0.39, 0.29) is 0 Å². The van der Waals surface area contributed by atoms with E-state index in [0.717, 1.165) is 12.3 Å². The number of methoxy groups -OCH3 is 1. The van der Waals surface area contributed by atoms with E-state index in [0.29, 0.717) is 18.0 Å². The molecule has 0 amide bonds. The van der Waals surface area contributed by atoms with Crippen LogP contribution in [0.1, 0.15) is 18.5 Å². The van der Waals surface area contributed by atoms with Crippen LogP contribution in [0.25, 0.3) is 0 Å². The minimum Gasteiger partial charge on any atom is -0.497 e. The highest BCUT2D eigenvalue weighted by atomic mass is 16.5. The Morgan fingerprint density at radius 2 is 2.19 bits per heavy atom. The van der Waals surface area contributed by atoms with Crippen LogP contribution >= 0.6 is 0 Å². The Bertz CT molecular complexity index is 407. The molecule has 4 heteroatoms. The average Bonchev–Trinajstić information content (AvgIpc) is 2.71. The molecule has 0 spiro atoms. The van der Waals surface area contributed by atoms with Crippen LogP contribution < -0.4 is 20.9 Å². The van der Waals surface area contributed by atoms with Crippen molar-refractivity contribution >= 4 is 5.69 Å². The summed E-state index contributed by atoms with van der Waals surface area (Å²) in [6, 6.07) is 7.09. The van der Waals surface area contributed by atoms with Gasteiger partial charge in [0.05, 0.1) is 13.2 Å². The molecule has 0 saturated carbocycles. The van der Waals surface area contributed by atoms with Crippen LogP contribution in [0.3, 0.4) is 0 Å². The Morgan fingerprint density at radius 1 is 1.31 bits per heavy atom. The van der Waals surface area contributed by atoms with Crippen molar-refractivity contribution in [3.8, 4) is 5.75 Å². The van der Waals surface area contributed by atoms with Crippen molar-refractivity contribution in [3.05, 3.63) is 23.8 Å². The third-order valence-electron chi connectivity index (χ3n) is 3.66. The first-order chi connectivity index (χ1) is 7.79. The molecule has 1 aromatic rings. The zero-order chi connectivity index (χ0) is 11.1. The maximum Gasteiger partial charge on any atom is 0.119 e. The van der Waals surface area contributed by atoms with Crippen LogP contribution in [0.4, 0.5) is 5.69 Å². The highest BCUT2D eigenvalue weighted by Crippen LogP contribution is 2.38. The van der Waals surface area contributed by atoms with Gasteiger partial charge in [0.25, 0.3) is 0 Å². The molecule has 0 bridgehead atoms. The predicted octanol–water partition coefficient (Wildman–Crippen LogP) is 1.27. The van der Waals surface area contributed by atoms with E-state index in [1.807, 2.05) is 6.07 Å². The standard InChI is InChI=1S/C12H17N3O/c1-7-10-6-13-11-4-3-8(16-2)5-9(11)12(10)15-14-7/h3-5,7,10,12-15H,6H2,1-2H3. The number of ether oxygens (including phenoxy) is 1. The van der Waals surface area contributed by atoms with Crippen LogP contribution in [0.15, 0.2) is 18.2 Å². The topological polar surface area (TPSA) is 45.3 Å². The first-order valence-corrected chi connectivity index (χ1v) is 5.72. The van der Waals surface area contributed by atoms with Crippen LogP contribution in [0.5, 0.6) is 5.75 Å². The van der Waals surface area contributed by atoms with Crippen LogP contribution in [-0.4, -0.2) is 19.7 Å². The number of fused-ring (bicyclic) bond motifs is 3. The third-order valence-corrected chi connectivity index (χ3v) is 3.66. The number of hydrogen-bond acceptors (Lipinski definition) is 4. The molecular weight excluding hydrogens is 202 g/mol. The van der Waals surface area contributed by atoms with Gasteiger partial charge in [0.2, 0.25) is 0 Å². The Morgan fingerprint density at radius 3 is 3.00 bits per heavy atom. The molecule has 3 rings (SSSR count). The molecule has 4 nitrogen and oxygen atoms in total. The number of benzene rings is 1. The summed E-state index contributed by atoms with van der Waals surface area (Å²) in [5.74, 6) is 1.52.